The minimum absolute atomic E-state index is 0.104. The first-order valence-electron chi connectivity index (χ1n) is 8.99. The van der Waals surface area contributed by atoms with Gasteiger partial charge in [0, 0.05) is 37.0 Å². The van der Waals surface area contributed by atoms with Gasteiger partial charge in [-0.05, 0) is 24.3 Å². The van der Waals surface area contributed by atoms with Gasteiger partial charge in [0.15, 0.2) is 5.82 Å². The maximum atomic E-state index is 13.8. The van der Waals surface area contributed by atoms with Gasteiger partial charge in [-0.3, -0.25) is 4.79 Å². The molecule has 2 heterocycles. The van der Waals surface area contributed by atoms with Crippen molar-refractivity contribution in [2.24, 2.45) is 0 Å². The number of thiazole rings is 1. The van der Waals surface area contributed by atoms with Gasteiger partial charge in [0.05, 0.1) is 17.4 Å². The topological polar surface area (TPSA) is 51.7 Å². The summed E-state index contributed by atoms with van der Waals surface area (Å²) in [5.74, 6) is -1.03. The minimum Gasteiger partial charge on any atom is -0.496 e. The van der Waals surface area contributed by atoms with Crippen molar-refractivity contribution in [3.05, 3.63) is 52.6 Å². The van der Waals surface area contributed by atoms with E-state index in [-0.39, 0.29) is 17.5 Å². The monoisotopic (exact) mass is 438 g/mol. The van der Waals surface area contributed by atoms with Gasteiger partial charge in [-0.2, -0.15) is 4.98 Å². The van der Waals surface area contributed by atoms with E-state index in [2.05, 4.69) is 4.98 Å². The molecule has 1 amide bonds. The number of likely N-dealkylation sites (tertiary alicyclic amines) is 1. The molecule has 0 unspecified atom stereocenters. The molecule has 0 N–H and O–H groups in total. The predicted octanol–water partition coefficient (Wildman–Crippen LogP) is 4.92. The summed E-state index contributed by atoms with van der Waals surface area (Å²) >= 11 is 7.13. The van der Waals surface area contributed by atoms with Crippen LogP contribution in [-0.2, 0) is 0 Å². The van der Waals surface area contributed by atoms with E-state index in [1.165, 1.54) is 13.2 Å². The number of rotatable bonds is 4. The average Bonchev–Trinajstić information content (AvgIpc) is 3.10. The summed E-state index contributed by atoms with van der Waals surface area (Å²) in [5.41, 5.74) is 0.523. The number of amides is 1. The molecule has 1 saturated heterocycles. The van der Waals surface area contributed by atoms with Crippen molar-refractivity contribution in [2.45, 2.75) is 18.9 Å². The van der Waals surface area contributed by atoms with E-state index >= 15 is 0 Å². The van der Waals surface area contributed by atoms with Crippen molar-refractivity contribution in [3.8, 4) is 10.9 Å². The molecule has 3 aromatic rings. The molecule has 1 aliphatic rings. The lowest BCUT2D eigenvalue weighted by molar-refractivity contribution is 0.0592. The summed E-state index contributed by atoms with van der Waals surface area (Å²) in [6, 6.07) is 6.98. The van der Waals surface area contributed by atoms with Crippen LogP contribution in [0, 0.1) is 11.6 Å². The molecular formula is C20H17ClF2N2O3S. The van der Waals surface area contributed by atoms with Crippen LogP contribution in [0.1, 0.15) is 23.2 Å². The Bertz CT molecular complexity index is 1070. The van der Waals surface area contributed by atoms with Crippen molar-refractivity contribution >= 4 is 39.1 Å². The highest BCUT2D eigenvalue weighted by Gasteiger charge is 2.27. The lowest BCUT2D eigenvalue weighted by Gasteiger charge is -2.32. The number of fused-ring (bicyclic) bond motifs is 1. The van der Waals surface area contributed by atoms with Gasteiger partial charge in [0.1, 0.15) is 23.2 Å². The van der Waals surface area contributed by atoms with E-state index in [4.69, 9.17) is 21.1 Å². The Morgan fingerprint density at radius 1 is 1.24 bits per heavy atom. The van der Waals surface area contributed by atoms with Crippen LogP contribution in [0.5, 0.6) is 10.9 Å². The number of hydrogen-bond acceptors (Lipinski definition) is 5. The summed E-state index contributed by atoms with van der Waals surface area (Å²) in [4.78, 5) is 18.7. The fourth-order valence-corrected chi connectivity index (χ4v) is 4.42. The van der Waals surface area contributed by atoms with E-state index in [0.29, 0.717) is 52.2 Å². The number of carbonyl (C=O) groups is 1. The van der Waals surface area contributed by atoms with Gasteiger partial charge < -0.3 is 14.4 Å². The van der Waals surface area contributed by atoms with Gasteiger partial charge >= 0.3 is 0 Å². The second-order valence-electron chi connectivity index (χ2n) is 6.67. The van der Waals surface area contributed by atoms with Gasteiger partial charge in [-0.1, -0.05) is 22.9 Å². The Labute approximate surface area is 174 Å². The molecule has 152 valence electrons. The Morgan fingerprint density at radius 3 is 2.72 bits per heavy atom. The number of ether oxygens (including phenoxy) is 2. The molecule has 29 heavy (non-hydrogen) atoms. The van der Waals surface area contributed by atoms with E-state index in [1.54, 1.807) is 23.1 Å². The van der Waals surface area contributed by atoms with Gasteiger partial charge in [0.25, 0.3) is 11.1 Å². The molecule has 0 bridgehead atoms. The number of halogens is 3. The summed E-state index contributed by atoms with van der Waals surface area (Å²) in [7, 11) is 1.51. The highest BCUT2D eigenvalue weighted by molar-refractivity contribution is 7.20. The fraction of sp³-hybridized carbons (Fsp3) is 0.300. The quantitative estimate of drug-likeness (QED) is 0.580. The van der Waals surface area contributed by atoms with Crippen LogP contribution in [-0.4, -0.2) is 42.1 Å². The molecule has 0 saturated carbocycles. The van der Waals surface area contributed by atoms with Crippen LogP contribution < -0.4 is 9.47 Å². The highest BCUT2D eigenvalue weighted by atomic mass is 35.5. The Hall–Kier alpha value is -2.45. The zero-order chi connectivity index (χ0) is 20.5. The number of aromatic nitrogens is 1. The second-order valence-corrected chi connectivity index (χ2v) is 8.10. The SMILES string of the molecule is COc1ccc(Cl)cc1C(=O)N1CCC(Oc2nc3c(F)cc(F)cc3s2)CC1. The molecule has 9 heteroatoms. The van der Waals surface area contributed by atoms with Gasteiger partial charge in [0.2, 0.25) is 0 Å². The molecule has 1 aromatic heterocycles. The summed E-state index contributed by atoms with van der Waals surface area (Å²) < 4.78 is 38.7. The van der Waals surface area contributed by atoms with Crippen LogP contribution >= 0.6 is 22.9 Å². The largest absolute Gasteiger partial charge is 0.496 e. The zero-order valence-electron chi connectivity index (χ0n) is 15.5. The molecule has 0 spiro atoms. The van der Waals surface area contributed by atoms with Crippen LogP contribution in [0.4, 0.5) is 8.78 Å². The first-order valence-corrected chi connectivity index (χ1v) is 10.2. The van der Waals surface area contributed by atoms with E-state index in [1.807, 2.05) is 0 Å². The number of benzene rings is 2. The third-order valence-electron chi connectivity index (χ3n) is 4.78. The standard InChI is InChI=1S/C20H17ClF2N2O3S/c1-27-16-3-2-11(21)8-14(16)19(26)25-6-4-13(5-7-25)28-20-24-18-15(23)9-12(22)10-17(18)29-20/h2-3,8-10,13H,4-7H2,1H3. The van der Waals surface area contributed by atoms with Crippen molar-refractivity contribution in [3.63, 3.8) is 0 Å². The maximum absolute atomic E-state index is 13.8. The van der Waals surface area contributed by atoms with Crippen molar-refractivity contribution in [1.82, 2.24) is 9.88 Å². The number of nitrogens with zero attached hydrogens (tertiary/aromatic N) is 2. The third kappa shape index (κ3) is 4.13. The van der Waals surface area contributed by atoms with Crippen LogP contribution in [0.15, 0.2) is 30.3 Å². The molecule has 2 aromatic carbocycles. The average molecular weight is 439 g/mol. The Morgan fingerprint density at radius 2 is 2.00 bits per heavy atom. The van der Waals surface area contributed by atoms with Crippen LogP contribution in [0.3, 0.4) is 0 Å². The van der Waals surface area contributed by atoms with E-state index in [0.717, 1.165) is 17.4 Å². The summed E-state index contributed by atoms with van der Waals surface area (Å²) in [6.45, 7) is 0.986. The molecule has 5 nitrogen and oxygen atoms in total. The van der Waals surface area contributed by atoms with Crippen LogP contribution in [0.25, 0.3) is 10.2 Å². The molecule has 0 radical (unpaired) electrons. The fourth-order valence-electron chi connectivity index (χ4n) is 3.32. The second kappa shape index (κ2) is 8.12. The Kier molecular flexibility index (Phi) is 5.56. The lowest BCUT2D eigenvalue weighted by Crippen LogP contribution is -2.41. The first-order chi connectivity index (χ1) is 13.9. The third-order valence-corrected chi connectivity index (χ3v) is 5.91. The number of methoxy groups -OCH3 is 1. The summed E-state index contributed by atoms with van der Waals surface area (Å²) in [6.07, 6.45) is 1.04. The minimum atomic E-state index is -0.706. The molecule has 0 atom stereocenters. The van der Waals surface area contributed by atoms with E-state index in [9.17, 15) is 13.6 Å². The van der Waals surface area contributed by atoms with Crippen molar-refractivity contribution in [1.29, 1.82) is 0 Å². The Balaban J connectivity index is 1.41. The maximum Gasteiger partial charge on any atom is 0.274 e. The predicted molar refractivity (Wildman–Crippen MR) is 107 cm³/mol. The number of carbonyl (C=O) groups excluding carboxylic acids is 1. The van der Waals surface area contributed by atoms with Crippen molar-refractivity contribution < 1.29 is 23.0 Å². The summed E-state index contributed by atoms with van der Waals surface area (Å²) in [5, 5.41) is 0.762. The number of hydrogen-bond donors (Lipinski definition) is 0. The normalized spacial score (nSPS) is 15.0. The van der Waals surface area contributed by atoms with Gasteiger partial charge in [-0.25, -0.2) is 8.78 Å². The smallest absolute Gasteiger partial charge is 0.274 e. The zero-order valence-corrected chi connectivity index (χ0v) is 17.0. The molecule has 4 rings (SSSR count). The van der Waals surface area contributed by atoms with Crippen molar-refractivity contribution in [2.75, 3.05) is 20.2 Å². The molecule has 1 aliphatic heterocycles. The lowest BCUT2D eigenvalue weighted by atomic mass is 10.1. The number of piperidine rings is 1. The van der Waals surface area contributed by atoms with Crippen LogP contribution in [0.2, 0.25) is 5.02 Å². The molecule has 0 aliphatic carbocycles. The highest BCUT2D eigenvalue weighted by Crippen LogP contribution is 2.32. The molecular weight excluding hydrogens is 422 g/mol. The van der Waals surface area contributed by atoms with Gasteiger partial charge in [-0.15, -0.1) is 0 Å². The van der Waals surface area contributed by atoms with E-state index < -0.39 is 11.6 Å². The first kappa shape index (κ1) is 19.8. The molecule has 1 fully saturated rings.